The Bertz CT molecular complexity index is 662. The molecule has 0 aliphatic heterocycles. The number of rotatable bonds is 8. The minimum atomic E-state index is -0.803. The summed E-state index contributed by atoms with van der Waals surface area (Å²) in [5.74, 6) is 0.751. The van der Waals surface area contributed by atoms with Gasteiger partial charge in [0.1, 0.15) is 0 Å². The molecule has 3 heteroatoms. The van der Waals surface area contributed by atoms with E-state index < -0.39 is 5.41 Å². The van der Waals surface area contributed by atoms with Gasteiger partial charge in [-0.3, -0.25) is 4.79 Å². The van der Waals surface area contributed by atoms with Crippen LogP contribution in [0.25, 0.3) is 0 Å². The van der Waals surface area contributed by atoms with Gasteiger partial charge in [0.25, 0.3) is 0 Å². The van der Waals surface area contributed by atoms with Crippen LogP contribution in [0.5, 0.6) is 0 Å². The summed E-state index contributed by atoms with van der Waals surface area (Å²) in [6.45, 7) is 9.07. The molecule has 0 aromatic heterocycles. The Balaban J connectivity index is 2.56. The lowest BCUT2D eigenvalue weighted by Gasteiger charge is -2.40. The topological polar surface area (TPSA) is 43.1 Å². The van der Waals surface area contributed by atoms with E-state index in [4.69, 9.17) is 5.73 Å². The zero-order chi connectivity index (χ0) is 19.4. The van der Waals surface area contributed by atoms with Crippen molar-refractivity contribution >= 4 is 28.5 Å². The Morgan fingerprint density at radius 2 is 1.23 bits per heavy atom. The monoisotopic (exact) mass is 463 g/mol. The Kier molecular flexibility index (Phi) is 6.89. The third-order valence-corrected chi connectivity index (χ3v) is 8.79. The van der Waals surface area contributed by atoms with Crippen LogP contribution in [-0.4, -0.2) is 9.33 Å². The quantitative estimate of drug-likeness (QED) is 0.395. The molecule has 2 nitrogen and oxygen atoms in total. The SMILES string of the molecule is CC(C)C(I)(CCC(C(N)=O)(c1ccccc1)c1ccccc1)C(C)C. The molecule has 0 saturated heterocycles. The van der Waals surface area contributed by atoms with Crippen LogP contribution in [0, 0.1) is 11.8 Å². The van der Waals surface area contributed by atoms with Crippen molar-refractivity contribution in [3.05, 3.63) is 71.8 Å². The van der Waals surface area contributed by atoms with Crippen LogP contribution in [0.15, 0.2) is 60.7 Å². The third kappa shape index (κ3) is 3.98. The van der Waals surface area contributed by atoms with Gasteiger partial charge in [-0.25, -0.2) is 0 Å². The predicted molar refractivity (Wildman–Crippen MR) is 119 cm³/mol. The molecule has 2 N–H and O–H groups in total. The molecule has 0 heterocycles. The molecule has 2 aromatic carbocycles. The second-order valence-corrected chi connectivity index (χ2v) is 9.75. The summed E-state index contributed by atoms with van der Waals surface area (Å²) in [4.78, 5) is 12.9. The van der Waals surface area contributed by atoms with E-state index in [1.165, 1.54) is 0 Å². The molecule has 0 spiro atoms. The first kappa shape index (κ1) is 20.9. The number of halogens is 1. The molecule has 0 saturated carbocycles. The van der Waals surface area contributed by atoms with Gasteiger partial charge in [0.05, 0.1) is 5.41 Å². The summed E-state index contributed by atoms with van der Waals surface area (Å²) >= 11 is 2.60. The lowest BCUT2D eigenvalue weighted by molar-refractivity contribution is -0.122. The molecule has 0 aliphatic rings. The van der Waals surface area contributed by atoms with Gasteiger partial charge in [-0.2, -0.15) is 0 Å². The van der Waals surface area contributed by atoms with Gasteiger partial charge in [-0.15, -0.1) is 0 Å². The van der Waals surface area contributed by atoms with Gasteiger partial charge in [0, 0.05) is 3.42 Å². The maximum absolute atomic E-state index is 12.9. The van der Waals surface area contributed by atoms with Crippen LogP contribution in [0.4, 0.5) is 0 Å². The molecule has 0 radical (unpaired) electrons. The maximum Gasteiger partial charge on any atom is 0.232 e. The number of hydrogen-bond acceptors (Lipinski definition) is 1. The van der Waals surface area contributed by atoms with E-state index in [2.05, 4.69) is 50.3 Å². The number of primary amides is 1. The first-order chi connectivity index (χ1) is 12.2. The average molecular weight is 463 g/mol. The lowest BCUT2D eigenvalue weighted by atomic mass is 9.68. The second-order valence-electron chi connectivity index (χ2n) is 7.74. The van der Waals surface area contributed by atoms with E-state index in [1.807, 2.05) is 60.7 Å². The average Bonchev–Trinajstić information content (AvgIpc) is 2.63. The highest BCUT2D eigenvalue weighted by Gasteiger charge is 2.44. The van der Waals surface area contributed by atoms with Crippen LogP contribution < -0.4 is 5.73 Å². The summed E-state index contributed by atoms with van der Waals surface area (Å²) in [7, 11) is 0. The van der Waals surface area contributed by atoms with Crippen LogP contribution >= 0.6 is 22.6 Å². The zero-order valence-corrected chi connectivity index (χ0v) is 18.4. The molecule has 1 amide bonds. The molecule has 0 bridgehead atoms. The molecular formula is C23H30INO. The van der Waals surface area contributed by atoms with Gasteiger partial charge in [0.15, 0.2) is 0 Å². The smallest absolute Gasteiger partial charge is 0.232 e. The molecule has 0 aliphatic carbocycles. The van der Waals surface area contributed by atoms with Crippen LogP contribution in [0.3, 0.4) is 0 Å². The van der Waals surface area contributed by atoms with Gasteiger partial charge in [0.2, 0.25) is 5.91 Å². The summed E-state index contributed by atoms with van der Waals surface area (Å²) in [6, 6.07) is 20.0. The van der Waals surface area contributed by atoms with E-state index in [9.17, 15) is 4.79 Å². The third-order valence-electron chi connectivity index (χ3n) is 5.76. The van der Waals surface area contributed by atoms with E-state index >= 15 is 0 Å². The van der Waals surface area contributed by atoms with Crippen molar-refractivity contribution in [2.75, 3.05) is 0 Å². The van der Waals surface area contributed by atoms with Crippen LogP contribution in [0.1, 0.15) is 51.7 Å². The first-order valence-electron chi connectivity index (χ1n) is 9.35. The molecule has 0 atom stereocenters. The summed E-state index contributed by atoms with van der Waals surface area (Å²) in [5.41, 5.74) is 7.23. The number of alkyl halides is 1. The van der Waals surface area contributed by atoms with Crippen molar-refractivity contribution in [1.82, 2.24) is 0 Å². The number of benzene rings is 2. The fraction of sp³-hybridized carbons (Fsp3) is 0.435. The summed E-state index contributed by atoms with van der Waals surface area (Å²) < 4.78 is 0.113. The molecule has 0 fully saturated rings. The number of carbonyl (C=O) groups is 1. The molecule has 140 valence electrons. The van der Waals surface area contributed by atoms with Crippen LogP contribution in [0.2, 0.25) is 0 Å². The lowest BCUT2D eigenvalue weighted by Crippen LogP contribution is -2.45. The Morgan fingerprint density at radius 3 is 1.54 bits per heavy atom. The Hall–Kier alpha value is -1.36. The largest absolute Gasteiger partial charge is 0.369 e. The normalized spacial score (nSPS) is 12.6. The minimum Gasteiger partial charge on any atom is -0.369 e. The Morgan fingerprint density at radius 1 is 0.846 bits per heavy atom. The van der Waals surface area contributed by atoms with E-state index in [0.29, 0.717) is 18.3 Å². The van der Waals surface area contributed by atoms with Gasteiger partial charge in [-0.1, -0.05) is 111 Å². The summed E-state index contributed by atoms with van der Waals surface area (Å²) in [5, 5.41) is 0. The van der Waals surface area contributed by atoms with Crippen molar-refractivity contribution in [2.24, 2.45) is 17.6 Å². The first-order valence-corrected chi connectivity index (χ1v) is 10.4. The van der Waals surface area contributed by atoms with E-state index in [-0.39, 0.29) is 9.33 Å². The minimum absolute atomic E-state index is 0.113. The molecule has 26 heavy (non-hydrogen) atoms. The summed E-state index contributed by atoms with van der Waals surface area (Å²) in [6.07, 6.45) is 1.63. The fourth-order valence-electron chi connectivity index (χ4n) is 3.93. The van der Waals surface area contributed by atoms with E-state index in [1.54, 1.807) is 0 Å². The highest BCUT2D eigenvalue weighted by Crippen LogP contribution is 2.45. The van der Waals surface area contributed by atoms with E-state index in [0.717, 1.165) is 17.5 Å². The van der Waals surface area contributed by atoms with Crippen molar-refractivity contribution in [3.8, 4) is 0 Å². The standard InChI is InChI=1S/C23H30INO/c1-17(2)23(24,18(3)4)16-15-22(21(25)26,19-11-7-5-8-12-19)20-13-9-6-10-14-20/h5-14,17-18H,15-16H2,1-4H3,(H2,25,26). The van der Waals surface area contributed by atoms with Crippen molar-refractivity contribution < 1.29 is 4.79 Å². The highest BCUT2D eigenvalue weighted by molar-refractivity contribution is 14.1. The van der Waals surface area contributed by atoms with Crippen molar-refractivity contribution in [2.45, 2.75) is 49.4 Å². The highest BCUT2D eigenvalue weighted by atomic mass is 127. The number of hydrogen-bond donors (Lipinski definition) is 1. The number of nitrogens with two attached hydrogens (primary N) is 1. The van der Waals surface area contributed by atoms with Crippen LogP contribution in [-0.2, 0) is 10.2 Å². The van der Waals surface area contributed by atoms with Crippen molar-refractivity contribution in [1.29, 1.82) is 0 Å². The van der Waals surface area contributed by atoms with Gasteiger partial charge < -0.3 is 5.73 Å². The second kappa shape index (κ2) is 8.55. The predicted octanol–water partition coefficient (Wildman–Crippen LogP) is 5.72. The number of carbonyl (C=O) groups excluding carboxylic acids is 1. The van der Waals surface area contributed by atoms with Gasteiger partial charge >= 0.3 is 0 Å². The molecule has 2 aromatic rings. The molecule has 2 rings (SSSR count). The number of amides is 1. The molecular weight excluding hydrogens is 433 g/mol. The Labute approximate surface area is 171 Å². The maximum atomic E-state index is 12.9. The zero-order valence-electron chi connectivity index (χ0n) is 16.2. The van der Waals surface area contributed by atoms with Crippen molar-refractivity contribution in [3.63, 3.8) is 0 Å². The van der Waals surface area contributed by atoms with Gasteiger partial charge in [-0.05, 0) is 35.8 Å². The molecule has 0 unspecified atom stereocenters. The fourth-order valence-corrected chi connectivity index (χ4v) is 4.20.